The minimum absolute atomic E-state index is 0.369. The second kappa shape index (κ2) is 6.63. The Labute approximate surface area is 125 Å². The summed E-state index contributed by atoms with van der Waals surface area (Å²) >= 11 is 0. The lowest BCUT2D eigenvalue weighted by Crippen LogP contribution is -2.33. The Hall–Kier alpha value is -2.01. The molecule has 0 bridgehead atoms. The minimum atomic E-state index is 0.369. The van der Waals surface area contributed by atoms with E-state index in [9.17, 15) is 0 Å². The third-order valence-corrected chi connectivity index (χ3v) is 3.96. The summed E-state index contributed by atoms with van der Waals surface area (Å²) < 4.78 is 0. The molecule has 1 saturated heterocycles. The number of nitrogens with one attached hydrogen (secondary N) is 1. The van der Waals surface area contributed by atoms with E-state index in [2.05, 4.69) is 31.2 Å². The van der Waals surface area contributed by atoms with Gasteiger partial charge in [0.05, 0.1) is 11.7 Å². The van der Waals surface area contributed by atoms with E-state index in [1.54, 1.807) is 0 Å². The van der Waals surface area contributed by atoms with Gasteiger partial charge >= 0.3 is 0 Å². The van der Waals surface area contributed by atoms with Gasteiger partial charge in [-0.25, -0.2) is 9.97 Å². The second-order valence-electron chi connectivity index (χ2n) is 5.40. The number of nitrogens with zero attached hydrogens (tertiary/aromatic N) is 4. The first kappa shape index (κ1) is 13.9. The molecular weight excluding hydrogens is 262 g/mol. The van der Waals surface area contributed by atoms with Gasteiger partial charge in [-0.3, -0.25) is 9.88 Å². The number of likely N-dealkylation sites (tertiary alicyclic amines) is 1. The number of anilines is 1. The Morgan fingerprint density at radius 2 is 2.24 bits per heavy atom. The highest BCUT2D eigenvalue weighted by Crippen LogP contribution is 2.31. The average Bonchev–Trinajstić information content (AvgIpc) is 2.56. The van der Waals surface area contributed by atoms with Crippen molar-refractivity contribution in [2.45, 2.75) is 31.8 Å². The second-order valence-corrected chi connectivity index (χ2v) is 5.40. The van der Waals surface area contributed by atoms with Crippen molar-refractivity contribution in [3.05, 3.63) is 48.0 Å². The molecule has 1 N–H and O–H groups in total. The molecule has 2 aromatic rings. The van der Waals surface area contributed by atoms with Crippen LogP contribution in [-0.4, -0.2) is 33.4 Å². The third-order valence-electron chi connectivity index (χ3n) is 3.96. The molecule has 1 aliphatic rings. The average molecular weight is 283 g/mol. The Morgan fingerprint density at radius 3 is 3.05 bits per heavy atom. The van der Waals surface area contributed by atoms with Crippen molar-refractivity contribution in [1.82, 2.24) is 19.9 Å². The molecule has 3 heterocycles. The molecule has 3 rings (SSSR count). The molecule has 0 amide bonds. The van der Waals surface area contributed by atoms with Crippen LogP contribution >= 0.6 is 0 Å². The molecule has 1 atom stereocenters. The van der Waals surface area contributed by atoms with Gasteiger partial charge in [0.25, 0.3) is 0 Å². The van der Waals surface area contributed by atoms with Crippen molar-refractivity contribution in [2.24, 2.45) is 0 Å². The Bertz CT molecular complexity index is 572. The smallest absolute Gasteiger partial charge is 0.222 e. The topological polar surface area (TPSA) is 53.9 Å². The standard InChI is InChI=1S/C16H21N5/c1-17-16-19-9-7-14(20-16)15-6-2-3-10-21(15)12-13-5-4-8-18-11-13/h4-5,7-9,11,15H,2-3,6,10,12H2,1H3,(H,17,19,20)/t15-/m1/s1. The van der Waals surface area contributed by atoms with Gasteiger partial charge in [0.15, 0.2) is 0 Å². The van der Waals surface area contributed by atoms with Gasteiger partial charge in [0.2, 0.25) is 5.95 Å². The van der Waals surface area contributed by atoms with Crippen molar-refractivity contribution >= 4 is 5.95 Å². The molecule has 110 valence electrons. The van der Waals surface area contributed by atoms with Gasteiger partial charge in [0, 0.05) is 32.2 Å². The lowest BCUT2D eigenvalue weighted by atomic mass is 9.98. The summed E-state index contributed by atoms with van der Waals surface area (Å²) in [6.07, 6.45) is 9.27. The number of aromatic nitrogens is 3. The fourth-order valence-electron chi connectivity index (χ4n) is 2.92. The number of hydrogen-bond donors (Lipinski definition) is 1. The lowest BCUT2D eigenvalue weighted by molar-refractivity contribution is 0.137. The van der Waals surface area contributed by atoms with E-state index in [1.807, 2.05) is 37.8 Å². The molecule has 5 nitrogen and oxygen atoms in total. The SMILES string of the molecule is CNc1nccc([C@H]2CCCCN2Cc2cccnc2)n1. The molecule has 0 spiro atoms. The predicted molar refractivity (Wildman–Crippen MR) is 82.8 cm³/mol. The molecule has 0 unspecified atom stereocenters. The van der Waals surface area contributed by atoms with Gasteiger partial charge < -0.3 is 5.32 Å². The summed E-state index contributed by atoms with van der Waals surface area (Å²) in [7, 11) is 1.85. The van der Waals surface area contributed by atoms with Crippen molar-refractivity contribution in [3.63, 3.8) is 0 Å². The van der Waals surface area contributed by atoms with E-state index in [4.69, 9.17) is 0 Å². The van der Waals surface area contributed by atoms with Crippen LogP contribution in [0.15, 0.2) is 36.8 Å². The molecule has 0 radical (unpaired) electrons. The zero-order valence-corrected chi connectivity index (χ0v) is 12.4. The number of hydrogen-bond acceptors (Lipinski definition) is 5. The van der Waals surface area contributed by atoms with Crippen LogP contribution in [0.25, 0.3) is 0 Å². The van der Waals surface area contributed by atoms with Gasteiger partial charge in [-0.05, 0) is 37.1 Å². The van der Waals surface area contributed by atoms with Crippen LogP contribution in [0.4, 0.5) is 5.95 Å². The summed E-state index contributed by atoms with van der Waals surface area (Å²) in [5, 5.41) is 3.02. The third kappa shape index (κ3) is 3.36. The van der Waals surface area contributed by atoms with Crippen LogP contribution < -0.4 is 5.32 Å². The van der Waals surface area contributed by atoms with Crippen molar-refractivity contribution < 1.29 is 0 Å². The summed E-state index contributed by atoms with van der Waals surface area (Å²) in [4.78, 5) is 15.6. The van der Waals surface area contributed by atoms with E-state index in [0.717, 1.165) is 25.2 Å². The highest BCUT2D eigenvalue weighted by atomic mass is 15.2. The van der Waals surface area contributed by atoms with Crippen LogP contribution in [0.1, 0.15) is 36.6 Å². The quantitative estimate of drug-likeness (QED) is 0.935. The highest BCUT2D eigenvalue weighted by molar-refractivity contribution is 5.25. The molecule has 5 heteroatoms. The largest absolute Gasteiger partial charge is 0.357 e. The van der Waals surface area contributed by atoms with Gasteiger partial charge in [-0.2, -0.15) is 0 Å². The molecule has 21 heavy (non-hydrogen) atoms. The van der Waals surface area contributed by atoms with Crippen LogP contribution in [-0.2, 0) is 6.54 Å². The minimum Gasteiger partial charge on any atom is -0.357 e. The molecular formula is C16H21N5. The zero-order chi connectivity index (χ0) is 14.5. The number of rotatable bonds is 4. The van der Waals surface area contributed by atoms with Crippen LogP contribution in [0.2, 0.25) is 0 Å². The van der Waals surface area contributed by atoms with Crippen molar-refractivity contribution in [3.8, 4) is 0 Å². The summed E-state index contributed by atoms with van der Waals surface area (Å²) in [5.74, 6) is 0.694. The molecule has 0 saturated carbocycles. The maximum atomic E-state index is 4.63. The summed E-state index contributed by atoms with van der Waals surface area (Å²) in [5.41, 5.74) is 2.37. The van der Waals surface area contributed by atoms with Gasteiger partial charge in [-0.15, -0.1) is 0 Å². The van der Waals surface area contributed by atoms with Crippen LogP contribution in [0.3, 0.4) is 0 Å². The maximum absolute atomic E-state index is 4.63. The first-order valence-corrected chi connectivity index (χ1v) is 7.50. The zero-order valence-electron chi connectivity index (χ0n) is 12.4. The predicted octanol–water partition coefficient (Wildman–Crippen LogP) is 2.64. The molecule has 2 aromatic heterocycles. The Morgan fingerprint density at radius 1 is 1.29 bits per heavy atom. The first-order valence-electron chi connectivity index (χ1n) is 7.50. The van der Waals surface area contributed by atoms with E-state index in [-0.39, 0.29) is 0 Å². The monoisotopic (exact) mass is 283 g/mol. The first-order chi connectivity index (χ1) is 10.4. The van der Waals surface area contributed by atoms with E-state index in [1.165, 1.54) is 18.4 Å². The fraction of sp³-hybridized carbons (Fsp3) is 0.438. The molecule has 0 aliphatic carbocycles. The summed E-state index contributed by atoms with van der Waals surface area (Å²) in [6, 6.07) is 6.54. The number of piperidine rings is 1. The lowest BCUT2D eigenvalue weighted by Gasteiger charge is -2.35. The normalized spacial score (nSPS) is 19.4. The van der Waals surface area contributed by atoms with Gasteiger partial charge in [0.1, 0.15) is 0 Å². The highest BCUT2D eigenvalue weighted by Gasteiger charge is 2.25. The van der Waals surface area contributed by atoms with Crippen LogP contribution in [0, 0.1) is 0 Å². The van der Waals surface area contributed by atoms with Crippen molar-refractivity contribution in [1.29, 1.82) is 0 Å². The summed E-state index contributed by atoms with van der Waals surface area (Å²) in [6.45, 7) is 2.04. The van der Waals surface area contributed by atoms with Crippen molar-refractivity contribution in [2.75, 3.05) is 18.9 Å². The molecule has 1 aliphatic heterocycles. The van der Waals surface area contributed by atoms with E-state index < -0.39 is 0 Å². The Balaban J connectivity index is 1.80. The molecule has 1 fully saturated rings. The van der Waals surface area contributed by atoms with E-state index in [0.29, 0.717) is 12.0 Å². The molecule has 0 aromatic carbocycles. The fourth-order valence-corrected chi connectivity index (χ4v) is 2.92. The van der Waals surface area contributed by atoms with E-state index >= 15 is 0 Å². The maximum Gasteiger partial charge on any atom is 0.222 e. The van der Waals surface area contributed by atoms with Gasteiger partial charge in [-0.1, -0.05) is 12.5 Å². The Kier molecular flexibility index (Phi) is 4.40. The van der Waals surface area contributed by atoms with Crippen LogP contribution in [0.5, 0.6) is 0 Å². The number of pyridine rings is 1.